The number of hydrogen-bond donors (Lipinski definition) is 0. The van der Waals surface area contributed by atoms with Crippen molar-refractivity contribution < 1.29 is 4.79 Å². The van der Waals surface area contributed by atoms with Crippen molar-refractivity contribution in [3.8, 4) is 0 Å². The Bertz CT molecular complexity index is 445. The van der Waals surface area contributed by atoms with Crippen LogP contribution in [0.2, 0.25) is 0 Å². The minimum absolute atomic E-state index is 0.112. The van der Waals surface area contributed by atoms with E-state index in [0.29, 0.717) is 0 Å². The number of benzene rings is 1. The topological polar surface area (TPSA) is 17.1 Å². The van der Waals surface area contributed by atoms with Gasteiger partial charge in [-0.3, -0.25) is 4.79 Å². The van der Waals surface area contributed by atoms with Crippen molar-refractivity contribution in [2.24, 2.45) is 5.41 Å². The van der Waals surface area contributed by atoms with E-state index in [4.69, 9.17) is 0 Å². The number of fused-ring (bicyclic) bond motifs is 1. The van der Waals surface area contributed by atoms with Crippen LogP contribution in [0.5, 0.6) is 0 Å². The molecule has 0 fully saturated rings. The van der Waals surface area contributed by atoms with Crippen molar-refractivity contribution in [1.82, 2.24) is 0 Å². The van der Waals surface area contributed by atoms with E-state index in [-0.39, 0.29) is 22.0 Å². The Hall–Kier alpha value is -1.11. The predicted molar refractivity (Wildman–Crippen MR) is 71.3 cm³/mol. The molecule has 1 nitrogen and oxygen atoms in total. The van der Waals surface area contributed by atoms with Crippen molar-refractivity contribution in [1.29, 1.82) is 0 Å². The summed E-state index contributed by atoms with van der Waals surface area (Å²) in [5.41, 5.74) is 2.08. The SMILES string of the molecule is CC(=O)C1(C)C(C)(C)c2ccccc2C1(C)C. The van der Waals surface area contributed by atoms with Crippen LogP contribution in [0.4, 0.5) is 0 Å². The van der Waals surface area contributed by atoms with Crippen LogP contribution in [0.15, 0.2) is 24.3 Å². The smallest absolute Gasteiger partial charge is 0.137 e. The quantitative estimate of drug-likeness (QED) is 0.716. The Balaban J connectivity index is 2.82. The lowest BCUT2D eigenvalue weighted by Gasteiger charge is -2.45. The fourth-order valence-corrected chi connectivity index (χ4v) is 3.77. The third-order valence-electron chi connectivity index (χ3n) is 5.48. The summed E-state index contributed by atoms with van der Waals surface area (Å²) in [5, 5.41) is 0. The molecule has 2 rings (SSSR count). The predicted octanol–water partition coefficient (Wildman–Crippen LogP) is 3.85. The van der Waals surface area contributed by atoms with E-state index in [1.54, 1.807) is 6.92 Å². The third kappa shape index (κ3) is 1.17. The molecule has 0 amide bonds. The van der Waals surface area contributed by atoms with E-state index < -0.39 is 0 Å². The molecule has 1 aliphatic carbocycles. The van der Waals surface area contributed by atoms with E-state index in [1.807, 2.05) is 0 Å². The summed E-state index contributed by atoms with van der Waals surface area (Å²) in [6.07, 6.45) is 0. The van der Waals surface area contributed by atoms with Crippen LogP contribution in [-0.4, -0.2) is 5.78 Å². The van der Waals surface area contributed by atoms with Gasteiger partial charge in [0.2, 0.25) is 0 Å². The van der Waals surface area contributed by atoms with Crippen molar-refractivity contribution in [2.45, 2.75) is 52.4 Å². The second kappa shape index (κ2) is 3.22. The van der Waals surface area contributed by atoms with Crippen molar-refractivity contribution in [3.05, 3.63) is 35.4 Å². The highest BCUT2D eigenvalue weighted by molar-refractivity contribution is 5.87. The fraction of sp³-hybridized carbons (Fsp3) is 0.562. The highest BCUT2D eigenvalue weighted by Gasteiger charge is 2.61. The summed E-state index contributed by atoms with van der Waals surface area (Å²) in [7, 11) is 0. The minimum atomic E-state index is -0.344. The van der Waals surface area contributed by atoms with Gasteiger partial charge in [-0.25, -0.2) is 0 Å². The molecule has 92 valence electrons. The first-order valence-electron chi connectivity index (χ1n) is 6.28. The standard InChI is InChI=1S/C16H22O/c1-11(17)16(6)14(2,3)12-9-7-8-10-13(12)15(16,4)5/h7-10H,1-6H3. The van der Waals surface area contributed by atoms with Crippen LogP contribution in [-0.2, 0) is 15.6 Å². The second-order valence-corrected chi connectivity index (χ2v) is 6.48. The molecule has 0 spiro atoms. The summed E-state index contributed by atoms with van der Waals surface area (Å²) in [6, 6.07) is 8.49. The van der Waals surface area contributed by atoms with Gasteiger partial charge in [0.05, 0.1) is 0 Å². The van der Waals surface area contributed by atoms with Crippen LogP contribution >= 0.6 is 0 Å². The van der Waals surface area contributed by atoms with Crippen molar-refractivity contribution >= 4 is 5.78 Å². The van der Waals surface area contributed by atoms with E-state index >= 15 is 0 Å². The van der Waals surface area contributed by atoms with E-state index in [9.17, 15) is 4.79 Å². The number of carbonyl (C=O) groups is 1. The first kappa shape index (κ1) is 12.3. The molecule has 1 aromatic carbocycles. The van der Waals surface area contributed by atoms with Gasteiger partial charge in [-0.2, -0.15) is 0 Å². The van der Waals surface area contributed by atoms with Gasteiger partial charge in [-0.1, -0.05) is 58.9 Å². The van der Waals surface area contributed by atoms with Crippen LogP contribution < -0.4 is 0 Å². The van der Waals surface area contributed by atoms with Gasteiger partial charge < -0.3 is 0 Å². The summed E-state index contributed by atoms with van der Waals surface area (Å²) >= 11 is 0. The Morgan fingerprint density at radius 3 is 1.53 bits per heavy atom. The lowest BCUT2D eigenvalue weighted by atomic mass is 9.56. The molecular formula is C16H22O. The van der Waals surface area contributed by atoms with Crippen LogP contribution in [0.1, 0.15) is 52.7 Å². The molecule has 1 aromatic rings. The fourth-order valence-electron chi connectivity index (χ4n) is 3.77. The lowest BCUT2D eigenvalue weighted by molar-refractivity contribution is -0.132. The first-order chi connectivity index (χ1) is 7.67. The molecule has 1 aliphatic rings. The molecule has 0 heterocycles. The maximum Gasteiger partial charge on any atom is 0.137 e. The van der Waals surface area contributed by atoms with E-state index in [1.165, 1.54) is 11.1 Å². The van der Waals surface area contributed by atoms with Crippen LogP contribution in [0, 0.1) is 5.41 Å². The Morgan fingerprint density at radius 2 is 1.24 bits per heavy atom. The van der Waals surface area contributed by atoms with E-state index in [2.05, 4.69) is 58.9 Å². The maximum absolute atomic E-state index is 12.3. The lowest BCUT2D eigenvalue weighted by Crippen LogP contribution is -2.50. The van der Waals surface area contributed by atoms with Crippen LogP contribution in [0.3, 0.4) is 0 Å². The van der Waals surface area contributed by atoms with E-state index in [0.717, 1.165) is 0 Å². The number of carbonyl (C=O) groups excluding carboxylic acids is 1. The number of Topliss-reactive ketones (excluding diaryl/α,β-unsaturated/α-hetero) is 1. The summed E-state index contributed by atoms with van der Waals surface area (Å²) in [5.74, 6) is 0.281. The average molecular weight is 230 g/mol. The summed E-state index contributed by atoms with van der Waals surface area (Å²) in [4.78, 5) is 12.3. The zero-order valence-corrected chi connectivity index (χ0v) is 11.7. The molecule has 0 aliphatic heterocycles. The van der Waals surface area contributed by atoms with Gasteiger partial charge in [0, 0.05) is 16.2 Å². The molecule has 17 heavy (non-hydrogen) atoms. The van der Waals surface area contributed by atoms with Crippen molar-refractivity contribution in [3.63, 3.8) is 0 Å². The van der Waals surface area contributed by atoms with Gasteiger partial charge in [-0.15, -0.1) is 0 Å². The Morgan fingerprint density at radius 1 is 0.882 bits per heavy atom. The van der Waals surface area contributed by atoms with Gasteiger partial charge in [0.15, 0.2) is 0 Å². The van der Waals surface area contributed by atoms with Crippen molar-refractivity contribution in [2.75, 3.05) is 0 Å². The normalized spacial score (nSPS) is 23.2. The van der Waals surface area contributed by atoms with Gasteiger partial charge in [0.1, 0.15) is 5.78 Å². The average Bonchev–Trinajstić information content (AvgIpc) is 2.37. The first-order valence-corrected chi connectivity index (χ1v) is 6.28. The zero-order valence-electron chi connectivity index (χ0n) is 11.7. The maximum atomic E-state index is 12.3. The number of hydrogen-bond acceptors (Lipinski definition) is 1. The number of rotatable bonds is 1. The highest BCUT2D eigenvalue weighted by Crippen LogP contribution is 2.61. The van der Waals surface area contributed by atoms with Gasteiger partial charge >= 0.3 is 0 Å². The molecular weight excluding hydrogens is 208 g/mol. The molecule has 0 saturated heterocycles. The monoisotopic (exact) mass is 230 g/mol. The highest BCUT2D eigenvalue weighted by atomic mass is 16.1. The van der Waals surface area contributed by atoms with Crippen LogP contribution in [0.25, 0.3) is 0 Å². The number of ketones is 1. The molecule has 0 bridgehead atoms. The molecule has 0 aromatic heterocycles. The largest absolute Gasteiger partial charge is 0.299 e. The molecule has 0 unspecified atom stereocenters. The van der Waals surface area contributed by atoms with Gasteiger partial charge in [0.25, 0.3) is 0 Å². The Labute approximate surface area is 104 Å². The molecule has 0 radical (unpaired) electrons. The zero-order chi connectivity index (χ0) is 13.1. The van der Waals surface area contributed by atoms with Gasteiger partial charge in [-0.05, 0) is 18.1 Å². The molecule has 0 atom stereocenters. The summed E-state index contributed by atoms with van der Waals surface area (Å²) < 4.78 is 0. The molecule has 0 saturated carbocycles. The third-order valence-corrected chi connectivity index (χ3v) is 5.48. The molecule has 0 N–H and O–H groups in total. The summed E-state index contributed by atoms with van der Waals surface area (Å²) in [6.45, 7) is 12.6. The Kier molecular flexibility index (Phi) is 2.34. The molecule has 1 heteroatoms. The second-order valence-electron chi connectivity index (χ2n) is 6.48. The minimum Gasteiger partial charge on any atom is -0.299 e.